The van der Waals surface area contributed by atoms with E-state index in [0.29, 0.717) is 13.7 Å². The van der Waals surface area contributed by atoms with Crippen molar-refractivity contribution < 1.29 is 8.78 Å². The fourth-order valence-electron chi connectivity index (χ4n) is 0.810. The molecule has 6 heteroatoms. The molecule has 1 heterocycles. The van der Waals surface area contributed by atoms with E-state index in [9.17, 15) is 8.78 Å². The smallest absolute Gasteiger partial charge is 0.240 e. The summed E-state index contributed by atoms with van der Waals surface area (Å²) >= 11 is 10.5. The summed E-state index contributed by atoms with van der Waals surface area (Å²) in [7, 11) is 0. The summed E-state index contributed by atoms with van der Waals surface area (Å²) in [5.74, 6) is 0.193. The van der Waals surface area contributed by atoms with Gasteiger partial charge in [-0.25, -0.2) is 13.8 Å². The average Bonchev–Trinajstić information content (AvgIpc) is 2.08. The molecule has 0 aromatic carbocycles. The Balaban J connectivity index is 3.27. The molecule has 0 amide bonds. The molecule has 0 aliphatic heterocycles. The molecule has 0 saturated carbocycles. The van der Waals surface area contributed by atoms with E-state index in [0.717, 1.165) is 0 Å². The maximum atomic E-state index is 12.4. The number of hydrogen-bond donors (Lipinski definition) is 0. The molecule has 1 aromatic rings. The zero-order valence-corrected chi connectivity index (χ0v) is 10.7. The van der Waals surface area contributed by atoms with Crippen molar-refractivity contribution in [2.24, 2.45) is 0 Å². The van der Waals surface area contributed by atoms with E-state index in [-0.39, 0.29) is 11.6 Å². The van der Waals surface area contributed by atoms with Gasteiger partial charge < -0.3 is 0 Å². The first-order valence-electron chi connectivity index (χ1n) is 3.25. The lowest BCUT2D eigenvalue weighted by molar-refractivity contribution is 0.145. The highest BCUT2D eigenvalue weighted by molar-refractivity contribution is 14.1. The Morgan fingerprint density at radius 1 is 1.62 bits per heavy atom. The quantitative estimate of drug-likeness (QED) is 0.426. The van der Waals surface area contributed by atoms with E-state index < -0.39 is 6.43 Å². The normalized spacial score (nSPS) is 10.9. The lowest BCUT2D eigenvalue weighted by atomic mass is 10.2. The number of halogens is 5. The van der Waals surface area contributed by atoms with Crippen LogP contribution in [0.25, 0.3) is 0 Å². The van der Waals surface area contributed by atoms with Crippen molar-refractivity contribution in [1.29, 1.82) is 0 Å². The van der Waals surface area contributed by atoms with Gasteiger partial charge in [0.25, 0.3) is 6.43 Å². The number of alkyl halides is 3. The Kier molecular flexibility index (Phi) is 4.31. The van der Waals surface area contributed by atoms with Crippen molar-refractivity contribution in [2.45, 2.75) is 12.3 Å². The number of pyridine rings is 1. The second-order valence-electron chi connectivity index (χ2n) is 2.24. The van der Waals surface area contributed by atoms with Crippen LogP contribution >= 0.6 is 50.1 Å². The van der Waals surface area contributed by atoms with Crippen LogP contribution in [-0.4, -0.2) is 4.98 Å². The van der Waals surface area contributed by atoms with E-state index in [1.165, 1.54) is 0 Å². The first-order chi connectivity index (χ1) is 6.06. The molecule has 0 saturated heterocycles. The number of hydrogen-bond acceptors (Lipinski definition) is 1. The third-order valence-corrected chi connectivity index (χ3v) is 3.13. The molecule has 1 rings (SSSR count). The van der Waals surface area contributed by atoms with Gasteiger partial charge in [0, 0.05) is 10.4 Å². The minimum absolute atomic E-state index is 0.193. The zero-order chi connectivity index (χ0) is 10.0. The van der Waals surface area contributed by atoms with Crippen LogP contribution in [0.1, 0.15) is 17.7 Å². The Hall–Kier alpha value is 0.510. The second-order valence-corrected chi connectivity index (χ2v) is 4.40. The van der Waals surface area contributed by atoms with Crippen molar-refractivity contribution in [1.82, 2.24) is 4.98 Å². The molecule has 0 aliphatic rings. The van der Waals surface area contributed by atoms with Gasteiger partial charge in [0.2, 0.25) is 0 Å². The topological polar surface area (TPSA) is 12.9 Å². The lowest BCUT2D eigenvalue weighted by Crippen LogP contribution is -1.98. The van der Waals surface area contributed by atoms with Crippen LogP contribution in [0, 0.1) is 3.70 Å². The first kappa shape index (κ1) is 11.6. The van der Waals surface area contributed by atoms with Gasteiger partial charge in [0.05, 0.1) is 0 Å². The van der Waals surface area contributed by atoms with Gasteiger partial charge in [-0.3, -0.25) is 0 Å². The minimum Gasteiger partial charge on any atom is -0.240 e. The molecular formula is C7H4BrClF2IN. The molecule has 72 valence electrons. The maximum Gasteiger partial charge on any atom is 0.281 e. The van der Waals surface area contributed by atoms with Gasteiger partial charge in [0.15, 0.2) is 0 Å². The predicted octanol–water partition coefficient (Wildman–Crippen LogP) is 4.13. The molecule has 0 atom stereocenters. The molecule has 13 heavy (non-hydrogen) atoms. The fraction of sp³-hybridized carbons (Fsp3) is 0.286. The van der Waals surface area contributed by atoms with Gasteiger partial charge in [-0.1, -0.05) is 0 Å². The highest BCUT2D eigenvalue weighted by Gasteiger charge is 2.16. The molecule has 0 N–H and O–H groups in total. The fourth-order valence-corrected chi connectivity index (χ4v) is 2.33. The predicted molar refractivity (Wildman–Crippen MR) is 59.2 cm³/mol. The summed E-state index contributed by atoms with van der Waals surface area (Å²) in [6.45, 7) is 0. The van der Waals surface area contributed by atoms with Gasteiger partial charge in [-0.05, 0) is 50.2 Å². The minimum atomic E-state index is -2.58. The third kappa shape index (κ3) is 2.73. The Morgan fingerprint density at radius 3 is 2.69 bits per heavy atom. The highest BCUT2D eigenvalue weighted by Crippen LogP contribution is 2.30. The maximum absolute atomic E-state index is 12.4. The Labute approximate surface area is 101 Å². The van der Waals surface area contributed by atoms with Crippen molar-refractivity contribution in [3.05, 3.63) is 25.5 Å². The van der Waals surface area contributed by atoms with Gasteiger partial charge in [-0.2, -0.15) is 0 Å². The van der Waals surface area contributed by atoms with E-state index in [2.05, 4.69) is 20.9 Å². The molecule has 1 aromatic heterocycles. The molecular weight excluding hydrogens is 378 g/mol. The summed E-state index contributed by atoms with van der Waals surface area (Å²) in [6.07, 6.45) is -2.58. The monoisotopic (exact) mass is 381 g/mol. The number of nitrogens with zero attached hydrogens (tertiary/aromatic N) is 1. The van der Waals surface area contributed by atoms with Crippen molar-refractivity contribution in [3.63, 3.8) is 0 Å². The molecule has 0 radical (unpaired) electrons. The summed E-state index contributed by atoms with van der Waals surface area (Å²) in [5.41, 5.74) is 0.388. The first-order valence-corrected chi connectivity index (χ1v) is 5.65. The van der Waals surface area contributed by atoms with Crippen LogP contribution in [0.5, 0.6) is 0 Å². The SMILES string of the molecule is FC(F)c1nc(I)cc(CCl)c1Br. The standard InChI is InChI=1S/C7H4BrClF2IN/c8-5-3(2-9)1-4(12)13-6(5)7(10)11/h1,7H,2H2. The zero-order valence-electron chi connectivity index (χ0n) is 6.20. The molecule has 0 fully saturated rings. The Bertz CT molecular complexity index is 322. The van der Waals surface area contributed by atoms with E-state index in [1.807, 2.05) is 22.6 Å². The van der Waals surface area contributed by atoms with E-state index in [1.54, 1.807) is 6.07 Å². The number of aromatic nitrogens is 1. The summed E-state index contributed by atoms with van der Waals surface area (Å²) in [4.78, 5) is 3.71. The summed E-state index contributed by atoms with van der Waals surface area (Å²) in [6, 6.07) is 1.67. The molecule has 1 nitrogen and oxygen atoms in total. The average molecular weight is 382 g/mol. The van der Waals surface area contributed by atoms with Gasteiger partial charge in [0.1, 0.15) is 9.39 Å². The van der Waals surface area contributed by atoms with Gasteiger partial charge in [-0.15, -0.1) is 11.6 Å². The summed E-state index contributed by atoms with van der Waals surface area (Å²) < 4.78 is 25.6. The van der Waals surface area contributed by atoms with Crippen molar-refractivity contribution >= 4 is 50.1 Å². The highest BCUT2D eigenvalue weighted by atomic mass is 127. The molecule has 0 aliphatic carbocycles. The molecule has 0 unspecified atom stereocenters. The lowest BCUT2D eigenvalue weighted by Gasteiger charge is -2.06. The summed E-state index contributed by atoms with van der Waals surface area (Å²) in [5, 5.41) is 0. The third-order valence-electron chi connectivity index (χ3n) is 1.38. The van der Waals surface area contributed by atoms with Crippen LogP contribution in [0.2, 0.25) is 0 Å². The molecule has 0 bridgehead atoms. The number of rotatable bonds is 2. The van der Waals surface area contributed by atoms with Crippen LogP contribution in [0.15, 0.2) is 10.5 Å². The van der Waals surface area contributed by atoms with Gasteiger partial charge >= 0.3 is 0 Å². The van der Waals surface area contributed by atoms with Crippen LogP contribution in [0.4, 0.5) is 8.78 Å². The van der Waals surface area contributed by atoms with Crippen LogP contribution < -0.4 is 0 Å². The van der Waals surface area contributed by atoms with Crippen molar-refractivity contribution in [2.75, 3.05) is 0 Å². The largest absolute Gasteiger partial charge is 0.281 e. The molecule has 0 spiro atoms. The van der Waals surface area contributed by atoms with Crippen LogP contribution in [0.3, 0.4) is 0 Å². The second kappa shape index (κ2) is 4.84. The Morgan fingerprint density at radius 2 is 2.23 bits per heavy atom. The van der Waals surface area contributed by atoms with E-state index in [4.69, 9.17) is 11.6 Å². The van der Waals surface area contributed by atoms with Crippen molar-refractivity contribution in [3.8, 4) is 0 Å². The van der Waals surface area contributed by atoms with E-state index >= 15 is 0 Å². The van der Waals surface area contributed by atoms with Crippen LogP contribution in [-0.2, 0) is 5.88 Å².